The van der Waals surface area contributed by atoms with Crippen molar-refractivity contribution in [2.45, 2.75) is 51.0 Å². The van der Waals surface area contributed by atoms with Gasteiger partial charge in [-0.15, -0.1) is 5.10 Å². The molecule has 1 saturated heterocycles. The van der Waals surface area contributed by atoms with E-state index in [1.54, 1.807) is 0 Å². The molecule has 1 unspecified atom stereocenters. The lowest BCUT2D eigenvalue weighted by atomic mass is 9.92. The minimum absolute atomic E-state index is 0.0257. The highest BCUT2D eigenvalue weighted by molar-refractivity contribution is 6.31. The molecular formula is C21H25ClF3N5O2. The number of benzene rings is 1. The molecule has 3 aliphatic rings. The molecule has 2 aromatic rings. The molecule has 1 aromatic heterocycles. The first kappa shape index (κ1) is 21.9. The van der Waals surface area contributed by atoms with E-state index in [4.69, 9.17) is 16.3 Å². The van der Waals surface area contributed by atoms with Crippen LogP contribution in [0.15, 0.2) is 6.07 Å². The summed E-state index contributed by atoms with van der Waals surface area (Å²) in [4.78, 5) is 2.01. The summed E-state index contributed by atoms with van der Waals surface area (Å²) in [5.74, 6) is -0.687. The van der Waals surface area contributed by atoms with E-state index >= 15 is 4.39 Å². The van der Waals surface area contributed by atoms with Crippen molar-refractivity contribution in [2.75, 3.05) is 19.6 Å². The van der Waals surface area contributed by atoms with Gasteiger partial charge < -0.3 is 15.2 Å². The maximum atomic E-state index is 15.0. The second kappa shape index (κ2) is 8.16. The Morgan fingerprint density at radius 3 is 2.88 bits per heavy atom. The summed E-state index contributed by atoms with van der Waals surface area (Å²) in [7, 11) is 1.37. The Hall–Kier alpha value is -1.88. The van der Waals surface area contributed by atoms with Gasteiger partial charge >= 0.3 is 0 Å². The zero-order chi connectivity index (χ0) is 22.6. The minimum atomic E-state index is -2.78. The van der Waals surface area contributed by atoms with Crippen molar-refractivity contribution in [3.05, 3.63) is 39.4 Å². The molecule has 32 heavy (non-hydrogen) atoms. The topological polar surface area (TPSA) is 75.4 Å². The standard InChI is InChI=1S/C21H25ClF3N5O2/c1-29-18(20(24)25)15(27-28-29)9-32-19-13(23)6-12(22)11-2-5-26-14(17(11)19)8-30-10-21(3-4-21)7-16(30)31/h6,14,16,20,26,31H,2-5,7-10H2,1H3/t14-,16?/m1/s1. The van der Waals surface area contributed by atoms with E-state index in [1.165, 1.54) is 13.1 Å². The van der Waals surface area contributed by atoms with Gasteiger partial charge in [0.15, 0.2) is 11.6 Å². The summed E-state index contributed by atoms with van der Waals surface area (Å²) in [5.41, 5.74) is 1.16. The second-order valence-electron chi connectivity index (χ2n) is 9.07. The number of aromatic nitrogens is 3. The van der Waals surface area contributed by atoms with Gasteiger partial charge in [-0.2, -0.15) is 0 Å². The van der Waals surface area contributed by atoms with Crippen LogP contribution in [0, 0.1) is 11.2 Å². The number of rotatable bonds is 6. The second-order valence-corrected chi connectivity index (χ2v) is 9.47. The average Bonchev–Trinajstić information content (AvgIpc) is 3.26. The molecular weight excluding hydrogens is 447 g/mol. The van der Waals surface area contributed by atoms with E-state index in [2.05, 4.69) is 15.6 Å². The van der Waals surface area contributed by atoms with Gasteiger partial charge in [0.25, 0.3) is 6.43 Å². The lowest BCUT2D eigenvalue weighted by Crippen LogP contribution is -2.41. The van der Waals surface area contributed by atoms with Gasteiger partial charge in [0.1, 0.15) is 24.2 Å². The molecule has 1 aromatic carbocycles. The zero-order valence-corrected chi connectivity index (χ0v) is 18.4. The Balaban J connectivity index is 1.44. The van der Waals surface area contributed by atoms with Crippen molar-refractivity contribution in [3.8, 4) is 5.75 Å². The fourth-order valence-corrected chi connectivity index (χ4v) is 5.34. The SMILES string of the molecule is Cn1nnc(COc2c(F)cc(Cl)c3c2[C@@H](CN2CC4(CC4)CC2O)NCC3)c1C(F)F. The molecule has 1 aliphatic carbocycles. The molecule has 7 nitrogen and oxygen atoms in total. The minimum Gasteiger partial charge on any atom is -0.484 e. The molecule has 1 saturated carbocycles. The molecule has 0 radical (unpaired) electrons. The van der Waals surface area contributed by atoms with Crippen LogP contribution in [0.2, 0.25) is 5.02 Å². The van der Waals surface area contributed by atoms with E-state index in [9.17, 15) is 13.9 Å². The first-order valence-corrected chi connectivity index (χ1v) is 11.1. The van der Waals surface area contributed by atoms with E-state index in [0.717, 1.165) is 36.1 Å². The van der Waals surface area contributed by atoms with Gasteiger partial charge in [-0.3, -0.25) is 4.90 Å². The molecule has 3 heterocycles. The van der Waals surface area contributed by atoms with Crippen LogP contribution in [0.3, 0.4) is 0 Å². The Labute approximate surface area is 188 Å². The number of nitrogens with zero attached hydrogens (tertiary/aromatic N) is 4. The smallest absolute Gasteiger partial charge is 0.282 e. The molecule has 11 heteroatoms. The lowest BCUT2D eigenvalue weighted by molar-refractivity contribution is 0.0310. The van der Waals surface area contributed by atoms with Gasteiger partial charge in [0.2, 0.25) is 0 Å². The molecule has 1 spiro atoms. The Bertz CT molecular complexity index is 1030. The van der Waals surface area contributed by atoms with Crippen LogP contribution in [0.5, 0.6) is 5.75 Å². The Morgan fingerprint density at radius 1 is 1.41 bits per heavy atom. The fourth-order valence-electron chi connectivity index (χ4n) is 5.05. The van der Waals surface area contributed by atoms with Crippen LogP contribution in [-0.2, 0) is 20.1 Å². The molecule has 2 aliphatic heterocycles. The van der Waals surface area contributed by atoms with E-state index in [0.29, 0.717) is 30.1 Å². The summed E-state index contributed by atoms with van der Waals surface area (Å²) < 4.78 is 48.5. The summed E-state index contributed by atoms with van der Waals surface area (Å²) in [6.07, 6.45) is 0.262. The summed E-state index contributed by atoms with van der Waals surface area (Å²) >= 11 is 6.36. The van der Waals surface area contributed by atoms with Crippen LogP contribution < -0.4 is 10.1 Å². The van der Waals surface area contributed by atoms with Gasteiger partial charge in [-0.05, 0) is 49.3 Å². The highest BCUT2D eigenvalue weighted by Gasteiger charge is 2.52. The van der Waals surface area contributed by atoms with Crippen LogP contribution in [-0.4, -0.2) is 50.9 Å². The van der Waals surface area contributed by atoms with Crippen molar-refractivity contribution in [1.29, 1.82) is 0 Å². The molecule has 5 rings (SSSR count). The van der Waals surface area contributed by atoms with Crippen molar-refractivity contribution >= 4 is 11.6 Å². The highest BCUT2D eigenvalue weighted by atomic mass is 35.5. The fraction of sp³-hybridized carbons (Fsp3) is 0.619. The van der Waals surface area contributed by atoms with Gasteiger partial charge in [0.05, 0.1) is 0 Å². The third kappa shape index (κ3) is 3.87. The number of hydrogen-bond acceptors (Lipinski definition) is 6. The quantitative estimate of drug-likeness (QED) is 0.674. The van der Waals surface area contributed by atoms with Gasteiger partial charge in [0, 0.05) is 36.8 Å². The van der Waals surface area contributed by atoms with Gasteiger partial charge in [-0.25, -0.2) is 17.9 Å². The molecule has 0 amide bonds. The molecule has 174 valence electrons. The molecule has 2 atom stereocenters. The third-order valence-corrected chi connectivity index (χ3v) is 7.23. The number of halogens is 4. The van der Waals surface area contributed by atoms with Crippen molar-refractivity contribution in [1.82, 2.24) is 25.2 Å². The number of ether oxygens (including phenoxy) is 1. The monoisotopic (exact) mass is 471 g/mol. The number of aliphatic hydroxyl groups is 1. The number of aliphatic hydroxyl groups excluding tert-OH is 1. The molecule has 2 fully saturated rings. The van der Waals surface area contributed by atoms with Crippen LogP contribution in [0.25, 0.3) is 0 Å². The third-order valence-electron chi connectivity index (χ3n) is 6.90. The highest BCUT2D eigenvalue weighted by Crippen LogP contribution is 2.54. The number of alkyl halides is 2. The number of aryl methyl sites for hydroxylation is 1. The van der Waals surface area contributed by atoms with Crippen molar-refractivity contribution < 1.29 is 23.0 Å². The Morgan fingerprint density at radius 2 is 2.19 bits per heavy atom. The number of hydrogen-bond donors (Lipinski definition) is 2. The maximum absolute atomic E-state index is 15.0. The Kier molecular flexibility index (Phi) is 5.59. The van der Waals surface area contributed by atoms with Crippen LogP contribution in [0.1, 0.15) is 54.2 Å². The number of nitrogens with one attached hydrogen (secondary N) is 1. The maximum Gasteiger partial charge on any atom is 0.282 e. The van der Waals surface area contributed by atoms with E-state index in [1.807, 2.05) is 4.90 Å². The first-order valence-electron chi connectivity index (χ1n) is 10.7. The van der Waals surface area contributed by atoms with E-state index < -0.39 is 18.5 Å². The first-order chi connectivity index (χ1) is 15.3. The summed E-state index contributed by atoms with van der Waals surface area (Å²) in [5, 5.41) is 21.6. The number of likely N-dealkylation sites (tertiary alicyclic amines) is 1. The largest absolute Gasteiger partial charge is 0.484 e. The zero-order valence-electron chi connectivity index (χ0n) is 17.6. The van der Waals surface area contributed by atoms with Gasteiger partial charge in [-0.1, -0.05) is 16.8 Å². The van der Waals surface area contributed by atoms with E-state index in [-0.39, 0.29) is 35.2 Å². The predicted molar refractivity (Wildman–Crippen MR) is 110 cm³/mol. The predicted octanol–water partition coefficient (Wildman–Crippen LogP) is 3.12. The van der Waals surface area contributed by atoms with Crippen LogP contribution >= 0.6 is 11.6 Å². The molecule has 2 N–H and O–H groups in total. The molecule has 0 bridgehead atoms. The normalized spacial score (nSPS) is 24.3. The average molecular weight is 472 g/mol. The lowest BCUT2D eigenvalue weighted by Gasteiger charge is -2.33. The van der Waals surface area contributed by atoms with Crippen LogP contribution in [0.4, 0.5) is 13.2 Å². The van der Waals surface area contributed by atoms with Crippen molar-refractivity contribution in [2.24, 2.45) is 12.5 Å². The van der Waals surface area contributed by atoms with Crippen molar-refractivity contribution in [3.63, 3.8) is 0 Å². The number of fused-ring (bicyclic) bond motifs is 1. The summed E-state index contributed by atoms with van der Waals surface area (Å²) in [6, 6.07) is 0.883. The summed E-state index contributed by atoms with van der Waals surface area (Å²) in [6.45, 7) is 1.58.